The predicted molar refractivity (Wildman–Crippen MR) is 76.6 cm³/mol. The molecule has 0 saturated carbocycles. The van der Waals surface area contributed by atoms with E-state index in [2.05, 4.69) is 0 Å². The standard InChI is InChI=1S/C16H17NO2/c1-11-7-8-12(9-14(11)17)15(18)10-13-5-3-4-6-16(13)19-2/h3-9H,10,17H2,1-2H3. The molecule has 0 spiro atoms. The summed E-state index contributed by atoms with van der Waals surface area (Å²) in [5.74, 6) is 0.770. The van der Waals surface area contributed by atoms with Crippen molar-refractivity contribution in [1.29, 1.82) is 0 Å². The van der Waals surface area contributed by atoms with Crippen molar-refractivity contribution in [1.82, 2.24) is 0 Å². The molecule has 0 atom stereocenters. The van der Waals surface area contributed by atoms with Crippen molar-refractivity contribution in [2.24, 2.45) is 0 Å². The monoisotopic (exact) mass is 255 g/mol. The number of Topliss-reactive ketones (excluding diaryl/α,β-unsaturated/α-hetero) is 1. The summed E-state index contributed by atoms with van der Waals surface area (Å²) < 4.78 is 5.25. The summed E-state index contributed by atoms with van der Waals surface area (Å²) in [5.41, 5.74) is 8.97. The molecule has 0 aliphatic heterocycles. The highest BCUT2D eigenvalue weighted by atomic mass is 16.5. The highest BCUT2D eigenvalue weighted by molar-refractivity contribution is 5.98. The molecule has 0 amide bonds. The van der Waals surface area contributed by atoms with Crippen LogP contribution in [-0.2, 0) is 6.42 Å². The first-order chi connectivity index (χ1) is 9.11. The molecular formula is C16H17NO2. The second kappa shape index (κ2) is 5.57. The van der Waals surface area contributed by atoms with Crippen molar-refractivity contribution in [3.63, 3.8) is 0 Å². The number of para-hydroxylation sites is 1. The lowest BCUT2D eigenvalue weighted by Gasteiger charge is -2.08. The summed E-state index contributed by atoms with van der Waals surface area (Å²) in [5, 5.41) is 0. The first-order valence-corrected chi connectivity index (χ1v) is 6.13. The Labute approximate surface area is 113 Å². The number of hydrogen-bond acceptors (Lipinski definition) is 3. The van der Waals surface area contributed by atoms with Crippen LogP contribution in [0.15, 0.2) is 42.5 Å². The number of benzene rings is 2. The van der Waals surface area contributed by atoms with Gasteiger partial charge in [0.2, 0.25) is 0 Å². The summed E-state index contributed by atoms with van der Waals surface area (Å²) >= 11 is 0. The molecule has 98 valence electrons. The van der Waals surface area contributed by atoms with Gasteiger partial charge in [0.25, 0.3) is 0 Å². The van der Waals surface area contributed by atoms with Gasteiger partial charge in [0.1, 0.15) is 5.75 Å². The summed E-state index contributed by atoms with van der Waals surface area (Å²) in [7, 11) is 1.60. The Bertz CT molecular complexity index is 605. The highest BCUT2D eigenvalue weighted by Gasteiger charge is 2.11. The van der Waals surface area contributed by atoms with E-state index in [0.29, 0.717) is 17.7 Å². The lowest BCUT2D eigenvalue weighted by molar-refractivity contribution is 0.0992. The van der Waals surface area contributed by atoms with E-state index in [4.69, 9.17) is 10.5 Å². The number of rotatable bonds is 4. The van der Waals surface area contributed by atoms with Crippen LogP contribution in [0.1, 0.15) is 21.5 Å². The minimum absolute atomic E-state index is 0.0381. The number of ketones is 1. The van der Waals surface area contributed by atoms with E-state index in [1.165, 1.54) is 0 Å². The summed E-state index contributed by atoms with van der Waals surface area (Å²) in [6.07, 6.45) is 0.312. The van der Waals surface area contributed by atoms with Crippen LogP contribution in [0.4, 0.5) is 5.69 Å². The topological polar surface area (TPSA) is 52.3 Å². The van der Waals surface area contributed by atoms with E-state index >= 15 is 0 Å². The number of ether oxygens (including phenoxy) is 1. The maximum Gasteiger partial charge on any atom is 0.167 e. The van der Waals surface area contributed by atoms with Gasteiger partial charge in [-0.05, 0) is 24.6 Å². The van der Waals surface area contributed by atoms with Crippen molar-refractivity contribution in [3.8, 4) is 5.75 Å². The molecule has 0 aliphatic carbocycles. The van der Waals surface area contributed by atoms with Gasteiger partial charge in [0.15, 0.2) is 5.78 Å². The molecular weight excluding hydrogens is 238 g/mol. The molecule has 0 radical (unpaired) electrons. The maximum absolute atomic E-state index is 12.2. The van der Waals surface area contributed by atoms with Crippen molar-refractivity contribution in [3.05, 3.63) is 59.2 Å². The molecule has 2 rings (SSSR count). The van der Waals surface area contributed by atoms with Crippen LogP contribution >= 0.6 is 0 Å². The molecule has 3 heteroatoms. The second-order valence-electron chi connectivity index (χ2n) is 4.48. The van der Waals surface area contributed by atoms with E-state index < -0.39 is 0 Å². The van der Waals surface area contributed by atoms with Crippen molar-refractivity contribution >= 4 is 11.5 Å². The van der Waals surface area contributed by atoms with Gasteiger partial charge in [0, 0.05) is 23.2 Å². The molecule has 0 aromatic heterocycles. The molecule has 2 aromatic carbocycles. The molecule has 0 unspecified atom stereocenters. The Morgan fingerprint density at radius 3 is 2.63 bits per heavy atom. The van der Waals surface area contributed by atoms with Gasteiger partial charge in [-0.15, -0.1) is 0 Å². The normalized spacial score (nSPS) is 10.2. The van der Waals surface area contributed by atoms with Gasteiger partial charge in [-0.3, -0.25) is 4.79 Å². The third-order valence-electron chi connectivity index (χ3n) is 3.14. The molecule has 2 N–H and O–H groups in total. The number of nitrogens with two attached hydrogens (primary N) is 1. The largest absolute Gasteiger partial charge is 0.496 e. The summed E-state index contributed by atoms with van der Waals surface area (Å²) in [4.78, 5) is 12.2. The van der Waals surface area contributed by atoms with E-state index in [1.807, 2.05) is 43.3 Å². The van der Waals surface area contributed by atoms with E-state index in [0.717, 1.165) is 16.9 Å². The highest BCUT2D eigenvalue weighted by Crippen LogP contribution is 2.20. The molecule has 2 aromatic rings. The number of carbonyl (C=O) groups excluding carboxylic acids is 1. The van der Waals surface area contributed by atoms with Gasteiger partial charge < -0.3 is 10.5 Å². The van der Waals surface area contributed by atoms with Gasteiger partial charge >= 0.3 is 0 Å². The molecule has 0 saturated heterocycles. The lowest BCUT2D eigenvalue weighted by Crippen LogP contribution is -2.06. The third-order valence-corrected chi connectivity index (χ3v) is 3.14. The van der Waals surface area contributed by atoms with Crippen LogP contribution in [0, 0.1) is 6.92 Å². The molecule has 0 heterocycles. The number of aryl methyl sites for hydroxylation is 1. The fraction of sp³-hybridized carbons (Fsp3) is 0.188. The Balaban J connectivity index is 2.23. The number of methoxy groups -OCH3 is 1. The molecule has 0 aliphatic rings. The average molecular weight is 255 g/mol. The molecule has 3 nitrogen and oxygen atoms in total. The van der Waals surface area contributed by atoms with Crippen molar-refractivity contribution in [2.75, 3.05) is 12.8 Å². The smallest absolute Gasteiger partial charge is 0.167 e. The van der Waals surface area contributed by atoms with E-state index in [9.17, 15) is 4.79 Å². The van der Waals surface area contributed by atoms with Crippen molar-refractivity contribution < 1.29 is 9.53 Å². The van der Waals surface area contributed by atoms with Gasteiger partial charge in [-0.1, -0.05) is 30.3 Å². The number of nitrogen functional groups attached to an aromatic ring is 1. The lowest BCUT2D eigenvalue weighted by atomic mass is 10.0. The zero-order chi connectivity index (χ0) is 13.8. The minimum atomic E-state index is 0.0381. The quantitative estimate of drug-likeness (QED) is 0.675. The van der Waals surface area contributed by atoms with Crippen LogP contribution in [0.2, 0.25) is 0 Å². The predicted octanol–water partition coefficient (Wildman–Crippen LogP) is 3.01. The van der Waals surface area contributed by atoms with Crippen molar-refractivity contribution in [2.45, 2.75) is 13.3 Å². The zero-order valence-electron chi connectivity index (χ0n) is 11.1. The Hall–Kier alpha value is -2.29. The van der Waals surface area contributed by atoms with Gasteiger partial charge in [-0.25, -0.2) is 0 Å². The third kappa shape index (κ3) is 2.94. The summed E-state index contributed by atoms with van der Waals surface area (Å²) in [6.45, 7) is 1.92. The number of anilines is 1. The van der Waals surface area contributed by atoms with Gasteiger partial charge in [-0.2, -0.15) is 0 Å². The SMILES string of the molecule is COc1ccccc1CC(=O)c1ccc(C)c(N)c1. The Morgan fingerprint density at radius 2 is 1.95 bits per heavy atom. The number of carbonyl (C=O) groups is 1. The second-order valence-corrected chi connectivity index (χ2v) is 4.48. The Kier molecular flexibility index (Phi) is 3.85. The average Bonchev–Trinajstić information content (AvgIpc) is 2.42. The van der Waals surface area contributed by atoms with Crippen LogP contribution in [0.25, 0.3) is 0 Å². The van der Waals surface area contributed by atoms with E-state index in [1.54, 1.807) is 13.2 Å². The van der Waals surface area contributed by atoms with Crippen LogP contribution in [-0.4, -0.2) is 12.9 Å². The van der Waals surface area contributed by atoms with Crippen LogP contribution in [0.3, 0.4) is 0 Å². The molecule has 19 heavy (non-hydrogen) atoms. The van der Waals surface area contributed by atoms with Crippen LogP contribution < -0.4 is 10.5 Å². The Morgan fingerprint density at radius 1 is 1.21 bits per heavy atom. The molecule has 0 bridgehead atoms. The first kappa shape index (κ1) is 13.1. The zero-order valence-corrected chi connectivity index (χ0v) is 11.1. The fourth-order valence-corrected chi connectivity index (χ4v) is 1.94. The summed E-state index contributed by atoms with van der Waals surface area (Å²) in [6, 6.07) is 12.9. The number of hydrogen-bond donors (Lipinski definition) is 1. The van der Waals surface area contributed by atoms with E-state index in [-0.39, 0.29) is 5.78 Å². The van der Waals surface area contributed by atoms with Gasteiger partial charge in [0.05, 0.1) is 7.11 Å². The first-order valence-electron chi connectivity index (χ1n) is 6.13. The molecule has 0 fully saturated rings. The van der Waals surface area contributed by atoms with Crippen LogP contribution in [0.5, 0.6) is 5.75 Å². The minimum Gasteiger partial charge on any atom is -0.496 e. The fourth-order valence-electron chi connectivity index (χ4n) is 1.94. The maximum atomic E-state index is 12.2.